The zero-order valence-corrected chi connectivity index (χ0v) is 28.8. The molecule has 10 heteroatoms. The van der Waals surface area contributed by atoms with Gasteiger partial charge in [0, 0.05) is 56.4 Å². The van der Waals surface area contributed by atoms with Gasteiger partial charge in [-0.1, -0.05) is 12.2 Å². The Morgan fingerprint density at radius 3 is 2.04 bits per heavy atom. The summed E-state index contributed by atoms with van der Waals surface area (Å²) in [6, 6.07) is 14.2. The largest absolute Gasteiger partial charge is 0.494 e. The van der Waals surface area contributed by atoms with Crippen molar-refractivity contribution in [2.24, 2.45) is 11.8 Å². The maximum atomic E-state index is 14.8. The fourth-order valence-electron chi connectivity index (χ4n) is 8.10. The highest BCUT2D eigenvalue weighted by atomic mass is 16.5. The number of likely N-dealkylation sites (tertiary alicyclic amines) is 1. The Labute approximate surface area is 284 Å². The molecule has 3 aliphatic heterocycles. The first-order valence-electron chi connectivity index (χ1n) is 17.2. The third kappa shape index (κ3) is 6.00. The number of rotatable bonds is 16. The Morgan fingerprint density at radius 1 is 0.938 bits per heavy atom. The van der Waals surface area contributed by atoms with E-state index >= 15 is 0 Å². The molecule has 2 unspecified atom stereocenters. The van der Waals surface area contributed by atoms with Crippen molar-refractivity contribution < 1.29 is 29.0 Å². The van der Waals surface area contributed by atoms with Crippen LogP contribution in [-0.2, 0) is 19.1 Å². The monoisotopic (exact) mass is 658 g/mol. The van der Waals surface area contributed by atoms with Gasteiger partial charge in [0.15, 0.2) is 0 Å². The lowest BCUT2D eigenvalue weighted by Gasteiger charge is -2.37. The molecule has 0 saturated carbocycles. The molecule has 3 aliphatic rings. The van der Waals surface area contributed by atoms with Crippen molar-refractivity contribution in [1.29, 1.82) is 0 Å². The van der Waals surface area contributed by atoms with Gasteiger partial charge in [-0.05, 0) is 95.5 Å². The summed E-state index contributed by atoms with van der Waals surface area (Å²) in [5.74, 6) is -1.80. The highest BCUT2D eigenvalue weighted by molar-refractivity contribution is 6.07. The number of nitrogens with zero attached hydrogens (tertiary/aromatic N) is 4. The van der Waals surface area contributed by atoms with Gasteiger partial charge < -0.3 is 34.2 Å². The minimum absolute atomic E-state index is 0.142. The molecule has 5 rings (SSSR count). The molecule has 0 aromatic heterocycles. The van der Waals surface area contributed by atoms with Crippen LogP contribution in [0, 0.1) is 11.8 Å². The molecule has 0 radical (unpaired) electrons. The molecule has 3 amide bonds. The third-order valence-electron chi connectivity index (χ3n) is 10.2. The topological polar surface area (TPSA) is 103 Å². The Kier molecular flexibility index (Phi) is 10.7. The molecule has 3 fully saturated rings. The number of hydrogen-bond donors (Lipinski definition) is 1. The van der Waals surface area contributed by atoms with Crippen molar-refractivity contribution >= 4 is 34.8 Å². The Morgan fingerprint density at radius 2 is 1.50 bits per heavy atom. The van der Waals surface area contributed by atoms with E-state index in [-0.39, 0.29) is 44.0 Å². The van der Waals surface area contributed by atoms with Gasteiger partial charge in [-0.15, -0.1) is 13.2 Å². The molecule has 0 aliphatic carbocycles. The third-order valence-corrected chi connectivity index (χ3v) is 10.2. The quantitative estimate of drug-likeness (QED) is 0.258. The van der Waals surface area contributed by atoms with Gasteiger partial charge in [0.25, 0.3) is 5.91 Å². The molecule has 3 heterocycles. The molecule has 10 nitrogen and oxygen atoms in total. The summed E-state index contributed by atoms with van der Waals surface area (Å²) in [6.07, 6.45) is 4.61. The summed E-state index contributed by atoms with van der Waals surface area (Å²) in [4.78, 5) is 51.1. The van der Waals surface area contributed by atoms with E-state index in [9.17, 15) is 19.5 Å². The van der Waals surface area contributed by atoms with Gasteiger partial charge in [0.2, 0.25) is 11.8 Å². The minimum atomic E-state index is -1.20. The molecule has 3 saturated heterocycles. The fourth-order valence-corrected chi connectivity index (χ4v) is 8.10. The zero-order chi connectivity index (χ0) is 34.6. The van der Waals surface area contributed by atoms with Crippen LogP contribution in [0.4, 0.5) is 17.1 Å². The minimum Gasteiger partial charge on any atom is -0.494 e. The predicted octanol–water partition coefficient (Wildman–Crippen LogP) is 4.82. The van der Waals surface area contributed by atoms with Gasteiger partial charge in [0.1, 0.15) is 17.4 Å². The Bertz CT molecular complexity index is 1490. The molecular formula is C38H50N4O6. The summed E-state index contributed by atoms with van der Waals surface area (Å²) >= 11 is 0. The first-order valence-corrected chi connectivity index (χ1v) is 17.2. The second kappa shape index (κ2) is 14.5. The van der Waals surface area contributed by atoms with Crippen LogP contribution in [0.2, 0.25) is 0 Å². The SMILES string of the molecule is C=CCN(C(=O)C1N(CCCO)C(=O)[C@@H]2[C@@H](C(=O)N(CC=C)c3ccc(OCC)cc3)[C@@]3(C)CCC12O3)c1ccc(N(CC)CC)cc1. The lowest BCUT2D eigenvalue weighted by Crippen LogP contribution is -2.56. The van der Waals surface area contributed by atoms with Gasteiger partial charge in [0.05, 0.1) is 24.0 Å². The summed E-state index contributed by atoms with van der Waals surface area (Å²) in [5, 5.41) is 9.78. The lowest BCUT2D eigenvalue weighted by atomic mass is 9.66. The lowest BCUT2D eigenvalue weighted by molar-refractivity contribution is -0.144. The van der Waals surface area contributed by atoms with Gasteiger partial charge in [-0.2, -0.15) is 0 Å². The van der Waals surface area contributed by atoms with E-state index in [0.717, 1.165) is 18.8 Å². The molecule has 2 bridgehead atoms. The van der Waals surface area contributed by atoms with Gasteiger partial charge >= 0.3 is 0 Å². The number of anilines is 3. The molecule has 5 atom stereocenters. The molecular weight excluding hydrogens is 608 g/mol. The van der Waals surface area contributed by atoms with Crippen molar-refractivity contribution in [3.63, 3.8) is 0 Å². The fraction of sp³-hybridized carbons (Fsp3) is 0.500. The van der Waals surface area contributed by atoms with Gasteiger partial charge in [-0.3, -0.25) is 14.4 Å². The summed E-state index contributed by atoms with van der Waals surface area (Å²) in [6.45, 7) is 18.5. The van der Waals surface area contributed by atoms with Crippen molar-refractivity contribution in [2.75, 3.05) is 60.6 Å². The van der Waals surface area contributed by atoms with E-state index in [0.29, 0.717) is 43.0 Å². The molecule has 1 N–H and O–H groups in total. The summed E-state index contributed by atoms with van der Waals surface area (Å²) in [5.41, 5.74) is 0.252. The maximum absolute atomic E-state index is 14.8. The van der Waals surface area contributed by atoms with Crippen molar-refractivity contribution in [3.8, 4) is 5.75 Å². The first kappa shape index (κ1) is 35.2. The van der Waals surface area contributed by atoms with E-state index in [1.165, 1.54) is 0 Å². The van der Waals surface area contributed by atoms with Crippen LogP contribution >= 0.6 is 0 Å². The van der Waals surface area contributed by atoms with Crippen LogP contribution in [0.5, 0.6) is 5.75 Å². The second-order valence-electron chi connectivity index (χ2n) is 12.9. The smallest absolute Gasteiger partial charge is 0.253 e. The first-order chi connectivity index (χ1) is 23.1. The molecule has 48 heavy (non-hydrogen) atoms. The highest BCUT2D eigenvalue weighted by Gasteiger charge is 2.78. The average molecular weight is 659 g/mol. The predicted molar refractivity (Wildman–Crippen MR) is 188 cm³/mol. The van der Waals surface area contributed by atoms with Crippen LogP contribution in [0.3, 0.4) is 0 Å². The average Bonchev–Trinajstić information content (AvgIpc) is 3.66. The highest BCUT2D eigenvalue weighted by Crippen LogP contribution is 2.63. The van der Waals surface area contributed by atoms with Crippen molar-refractivity contribution in [1.82, 2.24) is 4.90 Å². The number of ether oxygens (including phenoxy) is 2. The number of benzene rings is 2. The van der Waals surface area contributed by atoms with E-state index < -0.39 is 29.1 Å². The van der Waals surface area contributed by atoms with Crippen LogP contribution < -0.4 is 19.4 Å². The second-order valence-corrected chi connectivity index (χ2v) is 12.9. The number of fused-ring (bicyclic) bond motifs is 1. The maximum Gasteiger partial charge on any atom is 0.253 e. The van der Waals surface area contributed by atoms with Crippen LogP contribution in [0.25, 0.3) is 0 Å². The van der Waals surface area contributed by atoms with Gasteiger partial charge in [-0.25, -0.2) is 0 Å². The molecule has 258 valence electrons. The normalized spacial score (nSPS) is 25.5. The van der Waals surface area contributed by atoms with Crippen LogP contribution in [0.15, 0.2) is 73.8 Å². The number of carbonyl (C=O) groups is 3. The molecule has 1 spiro atoms. The summed E-state index contributed by atoms with van der Waals surface area (Å²) in [7, 11) is 0. The molecule has 2 aromatic rings. The number of carbonyl (C=O) groups excluding carboxylic acids is 3. The van der Waals surface area contributed by atoms with Crippen molar-refractivity contribution in [3.05, 3.63) is 73.8 Å². The number of aliphatic hydroxyl groups excluding tert-OH is 1. The number of amides is 3. The Hall–Kier alpha value is -4.15. The standard InChI is InChI=1S/C38H50N4O6/c1-7-23-40(29-17-19-30(20-18-29)47-11-5)34(44)31-32-35(45)42(25-12-26-43)33(38(32)22-21-37(31,6)48-38)36(46)41(24-8-2)28-15-13-27(14-16-28)39(9-3)10-4/h7-8,13-20,31-33,43H,1-2,9-12,21-26H2,3-6H3/t31-,32-,33?,37+,38?/m0/s1. The Balaban J connectivity index is 1.53. The number of aliphatic hydroxyl groups is 1. The number of hydrogen-bond acceptors (Lipinski definition) is 7. The zero-order valence-electron chi connectivity index (χ0n) is 28.8. The molecule has 2 aromatic carbocycles. The van der Waals surface area contributed by atoms with E-state index in [4.69, 9.17) is 9.47 Å². The van der Waals surface area contributed by atoms with Crippen LogP contribution in [-0.4, -0.2) is 90.9 Å². The van der Waals surface area contributed by atoms with E-state index in [1.54, 1.807) is 26.9 Å². The summed E-state index contributed by atoms with van der Waals surface area (Å²) < 4.78 is 12.5. The van der Waals surface area contributed by atoms with Crippen molar-refractivity contribution in [2.45, 2.75) is 64.2 Å². The van der Waals surface area contributed by atoms with E-state index in [1.807, 2.05) is 62.4 Å². The van der Waals surface area contributed by atoms with E-state index in [2.05, 4.69) is 31.9 Å². The van der Waals surface area contributed by atoms with Crippen LogP contribution in [0.1, 0.15) is 47.0 Å².